The molecule has 0 spiro atoms. The van der Waals surface area contributed by atoms with Crippen molar-refractivity contribution >= 4 is 16.9 Å². The van der Waals surface area contributed by atoms with E-state index in [1.807, 2.05) is 67.6 Å². The van der Waals surface area contributed by atoms with Crippen molar-refractivity contribution in [1.82, 2.24) is 14.8 Å². The van der Waals surface area contributed by atoms with Crippen LogP contribution in [0.5, 0.6) is 0 Å². The van der Waals surface area contributed by atoms with Gasteiger partial charge in [-0.2, -0.15) is 5.10 Å². The van der Waals surface area contributed by atoms with Gasteiger partial charge in [0.05, 0.1) is 11.2 Å². The first-order valence-electron chi connectivity index (χ1n) is 8.80. The van der Waals surface area contributed by atoms with Crippen molar-refractivity contribution in [3.63, 3.8) is 0 Å². The van der Waals surface area contributed by atoms with Gasteiger partial charge in [-0.25, -0.2) is 0 Å². The molecule has 0 unspecified atom stereocenters. The van der Waals surface area contributed by atoms with Crippen LogP contribution < -0.4 is 0 Å². The maximum Gasteiger partial charge on any atom is 0.325 e. The summed E-state index contributed by atoms with van der Waals surface area (Å²) in [6.07, 6.45) is 0.598. The Hall–Kier alpha value is -3.47. The predicted molar refractivity (Wildman–Crippen MR) is 105 cm³/mol. The molecule has 0 fully saturated rings. The molecule has 0 aliphatic carbocycles. The SMILES string of the molecule is Cc1c(Cc2ccc3ccccc3n2)c(-c2ccccc2)nn1CC(=O)O. The number of para-hydroxylation sites is 1. The van der Waals surface area contributed by atoms with Crippen LogP contribution in [0.3, 0.4) is 0 Å². The van der Waals surface area contributed by atoms with Crippen molar-refractivity contribution in [2.24, 2.45) is 0 Å². The Bertz CT molecular complexity index is 1120. The quantitative estimate of drug-likeness (QED) is 0.584. The number of nitrogens with zero attached hydrogens (tertiary/aromatic N) is 3. The van der Waals surface area contributed by atoms with E-state index in [1.165, 1.54) is 0 Å². The van der Waals surface area contributed by atoms with Gasteiger partial charge < -0.3 is 5.11 Å². The lowest BCUT2D eigenvalue weighted by Crippen LogP contribution is -2.11. The molecule has 2 heterocycles. The number of fused-ring (bicyclic) bond motifs is 1. The second-order valence-electron chi connectivity index (χ2n) is 6.50. The van der Waals surface area contributed by atoms with Crippen LogP contribution in [0.2, 0.25) is 0 Å². The minimum absolute atomic E-state index is 0.156. The van der Waals surface area contributed by atoms with Crippen molar-refractivity contribution in [1.29, 1.82) is 0 Å². The summed E-state index contributed by atoms with van der Waals surface area (Å²) in [5.41, 5.74) is 5.52. The Labute approximate surface area is 156 Å². The zero-order valence-corrected chi connectivity index (χ0v) is 15.0. The summed E-state index contributed by atoms with van der Waals surface area (Å²) < 4.78 is 1.56. The first-order valence-corrected chi connectivity index (χ1v) is 8.80. The fourth-order valence-electron chi connectivity index (χ4n) is 3.29. The molecule has 0 aliphatic heterocycles. The molecule has 2 aromatic heterocycles. The third kappa shape index (κ3) is 3.44. The lowest BCUT2D eigenvalue weighted by atomic mass is 10.0. The maximum absolute atomic E-state index is 11.2. The van der Waals surface area contributed by atoms with E-state index in [2.05, 4.69) is 11.2 Å². The molecule has 0 saturated heterocycles. The first kappa shape index (κ1) is 17.0. The highest BCUT2D eigenvalue weighted by molar-refractivity contribution is 5.78. The third-order valence-corrected chi connectivity index (χ3v) is 4.68. The average Bonchev–Trinajstić information content (AvgIpc) is 2.98. The van der Waals surface area contributed by atoms with Crippen molar-refractivity contribution in [2.75, 3.05) is 0 Å². The number of carboxylic acids is 1. The van der Waals surface area contributed by atoms with Gasteiger partial charge in [-0.1, -0.05) is 54.6 Å². The van der Waals surface area contributed by atoms with E-state index in [1.54, 1.807) is 4.68 Å². The topological polar surface area (TPSA) is 68.0 Å². The van der Waals surface area contributed by atoms with E-state index in [-0.39, 0.29) is 6.54 Å². The molecular formula is C22H19N3O2. The van der Waals surface area contributed by atoms with Crippen molar-refractivity contribution in [3.05, 3.63) is 83.7 Å². The summed E-state index contributed by atoms with van der Waals surface area (Å²) >= 11 is 0. The Balaban J connectivity index is 1.79. The van der Waals surface area contributed by atoms with E-state index in [9.17, 15) is 9.90 Å². The van der Waals surface area contributed by atoms with Crippen molar-refractivity contribution < 1.29 is 9.90 Å². The Morgan fingerprint density at radius 1 is 1.00 bits per heavy atom. The minimum Gasteiger partial charge on any atom is -0.480 e. The first-order chi connectivity index (χ1) is 13.1. The van der Waals surface area contributed by atoms with E-state index < -0.39 is 5.97 Å². The van der Waals surface area contributed by atoms with Crippen LogP contribution in [-0.2, 0) is 17.8 Å². The normalized spacial score (nSPS) is 11.0. The second-order valence-corrected chi connectivity index (χ2v) is 6.50. The van der Waals surface area contributed by atoms with Gasteiger partial charge >= 0.3 is 5.97 Å². The molecule has 1 N–H and O–H groups in total. The molecular weight excluding hydrogens is 338 g/mol. The van der Waals surface area contributed by atoms with Gasteiger partial charge in [0.25, 0.3) is 0 Å². The van der Waals surface area contributed by atoms with Crippen LogP contribution in [0.25, 0.3) is 22.2 Å². The Kier molecular flexibility index (Phi) is 4.42. The zero-order valence-electron chi connectivity index (χ0n) is 15.0. The molecule has 0 bridgehead atoms. The summed E-state index contributed by atoms with van der Waals surface area (Å²) in [6, 6.07) is 21.9. The second kappa shape index (κ2) is 7.03. The van der Waals surface area contributed by atoms with Crippen molar-refractivity contribution in [3.8, 4) is 11.3 Å². The smallest absolute Gasteiger partial charge is 0.325 e. The molecule has 2 aromatic carbocycles. The Morgan fingerprint density at radius 3 is 2.52 bits per heavy atom. The summed E-state index contributed by atoms with van der Waals surface area (Å²) in [5.74, 6) is -0.907. The Morgan fingerprint density at radius 2 is 1.74 bits per heavy atom. The minimum atomic E-state index is -0.907. The number of hydrogen-bond acceptors (Lipinski definition) is 3. The molecule has 4 rings (SSSR count). The fourth-order valence-corrected chi connectivity index (χ4v) is 3.29. The number of aliphatic carboxylic acids is 1. The number of rotatable bonds is 5. The molecule has 0 aliphatic rings. The van der Waals surface area contributed by atoms with Gasteiger partial charge in [-0.05, 0) is 19.1 Å². The molecule has 5 nitrogen and oxygen atoms in total. The third-order valence-electron chi connectivity index (χ3n) is 4.68. The van der Waals surface area contributed by atoms with Crippen LogP contribution in [0, 0.1) is 6.92 Å². The highest BCUT2D eigenvalue weighted by Crippen LogP contribution is 2.27. The molecule has 0 saturated carbocycles. The number of hydrogen-bond donors (Lipinski definition) is 1. The highest BCUT2D eigenvalue weighted by Gasteiger charge is 2.18. The van der Waals surface area contributed by atoms with Gasteiger partial charge in [-0.3, -0.25) is 14.5 Å². The molecule has 0 radical (unpaired) electrons. The molecule has 0 atom stereocenters. The predicted octanol–water partition coefficient (Wildman–Crippen LogP) is 4.08. The summed E-state index contributed by atoms with van der Waals surface area (Å²) in [6.45, 7) is 1.76. The van der Waals surface area contributed by atoms with Crippen LogP contribution in [0.15, 0.2) is 66.7 Å². The van der Waals surface area contributed by atoms with Gasteiger partial charge in [0.1, 0.15) is 6.54 Å². The highest BCUT2D eigenvalue weighted by atomic mass is 16.4. The zero-order chi connectivity index (χ0) is 18.8. The van der Waals surface area contributed by atoms with E-state index in [4.69, 9.17) is 4.98 Å². The fraction of sp³-hybridized carbons (Fsp3) is 0.136. The lowest BCUT2D eigenvalue weighted by molar-refractivity contribution is -0.137. The van der Waals surface area contributed by atoms with Crippen LogP contribution in [-0.4, -0.2) is 25.8 Å². The summed E-state index contributed by atoms with van der Waals surface area (Å²) in [5, 5.41) is 14.9. The number of pyridine rings is 1. The molecule has 27 heavy (non-hydrogen) atoms. The number of carbonyl (C=O) groups is 1. The summed E-state index contributed by atoms with van der Waals surface area (Å²) in [7, 11) is 0. The molecule has 5 heteroatoms. The van der Waals surface area contributed by atoms with Gasteiger partial charge in [-0.15, -0.1) is 0 Å². The van der Waals surface area contributed by atoms with Crippen LogP contribution in [0.4, 0.5) is 0 Å². The number of carboxylic acid groups (broad SMARTS) is 1. The molecule has 0 amide bonds. The van der Waals surface area contributed by atoms with Crippen molar-refractivity contribution in [2.45, 2.75) is 19.9 Å². The van der Waals surface area contributed by atoms with E-state index >= 15 is 0 Å². The number of benzene rings is 2. The largest absolute Gasteiger partial charge is 0.480 e. The lowest BCUT2D eigenvalue weighted by Gasteiger charge is -2.06. The van der Waals surface area contributed by atoms with Crippen LogP contribution in [0.1, 0.15) is 17.0 Å². The summed E-state index contributed by atoms with van der Waals surface area (Å²) in [4.78, 5) is 16.0. The molecule has 134 valence electrons. The van der Waals surface area contributed by atoms with Gasteiger partial charge in [0.2, 0.25) is 0 Å². The van der Waals surface area contributed by atoms with Crippen LogP contribution >= 0.6 is 0 Å². The number of aromatic nitrogens is 3. The average molecular weight is 357 g/mol. The van der Waals surface area contributed by atoms with Gasteiger partial charge in [0.15, 0.2) is 0 Å². The monoisotopic (exact) mass is 357 g/mol. The van der Waals surface area contributed by atoms with E-state index in [0.717, 1.165) is 39.1 Å². The molecule has 4 aromatic rings. The maximum atomic E-state index is 11.2. The standard InChI is InChI=1S/C22H19N3O2/c1-15-19(13-18-12-11-16-7-5-6-10-20(16)23-18)22(17-8-3-2-4-9-17)24-25(15)14-21(26)27/h2-12H,13-14H2,1H3,(H,26,27). The van der Waals surface area contributed by atoms with E-state index in [0.29, 0.717) is 6.42 Å². The van der Waals surface area contributed by atoms with Gasteiger partial charge in [0, 0.05) is 34.3 Å².